The maximum atomic E-state index is 12.8. The number of benzene rings is 1. The number of ether oxygens (including phenoxy) is 2. The molecule has 23 heavy (non-hydrogen) atoms. The molecule has 0 aromatic heterocycles. The van der Waals surface area contributed by atoms with Crippen LogP contribution < -0.4 is 9.47 Å². The molecule has 0 unspecified atom stereocenters. The van der Waals surface area contributed by atoms with Crippen molar-refractivity contribution in [1.82, 2.24) is 0 Å². The predicted molar refractivity (Wildman–Crippen MR) is 87.8 cm³/mol. The molecule has 124 valence electrons. The van der Waals surface area contributed by atoms with Crippen LogP contribution in [0, 0.1) is 11.3 Å². The number of hydrogen-bond donors (Lipinski definition) is 1. The number of fused-ring (bicyclic) bond motifs is 2. The van der Waals surface area contributed by atoms with E-state index in [0.717, 1.165) is 30.6 Å². The minimum absolute atomic E-state index is 0.116. The number of carbonyl (C=O) groups is 1. The average Bonchev–Trinajstić information content (AvgIpc) is 2.56. The Morgan fingerprint density at radius 3 is 2.70 bits per heavy atom. The molecule has 1 aromatic rings. The molecule has 2 aliphatic carbocycles. The third-order valence-corrected chi connectivity index (χ3v) is 5.61. The van der Waals surface area contributed by atoms with Crippen LogP contribution in [-0.2, 0) is 11.2 Å². The lowest BCUT2D eigenvalue weighted by Gasteiger charge is -2.49. The Balaban J connectivity index is 2.22. The van der Waals surface area contributed by atoms with E-state index >= 15 is 0 Å². The van der Waals surface area contributed by atoms with E-state index in [1.165, 1.54) is 0 Å². The number of ketones is 1. The summed E-state index contributed by atoms with van der Waals surface area (Å²) < 4.78 is 11.0. The molecule has 1 N–H and O–H groups in total. The molecule has 0 saturated heterocycles. The van der Waals surface area contributed by atoms with Gasteiger partial charge in [-0.25, -0.2) is 0 Å². The minimum Gasteiger partial charge on any atom is -0.496 e. The molecule has 0 radical (unpaired) electrons. The van der Waals surface area contributed by atoms with Crippen LogP contribution in [0.4, 0.5) is 0 Å². The van der Waals surface area contributed by atoms with Crippen molar-refractivity contribution in [2.75, 3.05) is 14.2 Å². The Kier molecular flexibility index (Phi) is 4.19. The number of hydrogen-bond acceptors (Lipinski definition) is 4. The number of aliphatic hydroxyl groups excluding tert-OH is 1. The minimum atomic E-state index is -0.882. The highest BCUT2D eigenvalue weighted by atomic mass is 16.5. The summed E-state index contributed by atoms with van der Waals surface area (Å²) in [6.45, 7) is 3.82. The van der Waals surface area contributed by atoms with Crippen LogP contribution in [0.5, 0.6) is 11.5 Å². The van der Waals surface area contributed by atoms with Gasteiger partial charge in [-0.05, 0) is 43.7 Å². The second-order valence-electron chi connectivity index (χ2n) is 6.51. The molecule has 1 aromatic carbocycles. The molecular weight excluding hydrogens is 292 g/mol. The topological polar surface area (TPSA) is 55.8 Å². The van der Waals surface area contributed by atoms with Crippen LogP contribution in [0.2, 0.25) is 0 Å². The van der Waals surface area contributed by atoms with Crippen molar-refractivity contribution in [2.45, 2.75) is 38.2 Å². The first kappa shape index (κ1) is 16.1. The summed E-state index contributed by atoms with van der Waals surface area (Å²) in [5.74, 6) is 1.64. The standard InChI is InChI=1S/C19H24O4/c1-4-10-19-12(6-5-7-16(19)20)11-13-14(22-2)8-9-15(23-3)17(13)18(19)21/h4,8-9,12,18,21H,1,5-7,10-11H2,2-3H3/t12-,18+,19+/m1/s1. The van der Waals surface area contributed by atoms with Crippen molar-refractivity contribution in [2.24, 2.45) is 11.3 Å². The van der Waals surface area contributed by atoms with E-state index in [9.17, 15) is 9.90 Å². The van der Waals surface area contributed by atoms with E-state index in [0.29, 0.717) is 24.2 Å². The first-order valence-electron chi connectivity index (χ1n) is 8.16. The molecule has 4 nitrogen and oxygen atoms in total. The van der Waals surface area contributed by atoms with Crippen molar-refractivity contribution in [1.29, 1.82) is 0 Å². The van der Waals surface area contributed by atoms with Gasteiger partial charge < -0.3 is 14.6 Å². The summed E-state index contributed by atoms with van der Waals surface area (Å²) in [5, 5.41) is 11.2. The fourth-order valence-corrected chi connectivity index (χ4v) is 4.52. The first-order chi connectivity index (χ1) is 11.1. The summed E-state index contributed by atoms with van der Waals surface area (Å²) in [4.78, 5) is 12.8. The molecule has 0 amide bonds. The summed E-state index contributed by atoms with van der Waals surface area (Å²) in [5.41, 5.74) is 0.908. The number of methoxy groups -OCH3 is 2. The van der Waals surface area contributed by atoms with Gasteiger partial charge in [0.1, 0.15) is 17.3 Å². The lowest BCUT2D eigenvalue weighted by atomic mass is 9.54. The maximum absolute atomic E-state index is 12.8. The average molecular weight is 316 g/mol. The van der Waals surface area contributed by atoms with Crippen molar-refractivity contribution in [3.8, 4) is 11.5 Å². The lowest BCUT2D eigenvalue weighted by molar-refractivity contribution is -0.148. The number of rotatable bonds is 4. The van der Waals surface area contributed by atoms with Crippen LogP contribution in [0.15, 0.2) is 24.8 Å². The van der Waals surface area contributed by atoms with Gasteiger partial charge in [0.25, 0.3) is 0 Å². The zero-order valence-corrected chi connectivity index (χ0v) is 13.8. The van der Waals surface area contributed by atoms with Crippen LogP contribution in [-0.4, -0.2) is 25.1 Å². The Labute approximate surface area is 137 Å². The number of allylic oxidation sites excluding steroid dienone is 1. The third-order valence-electron chi connectivity index (χ3n) is 5.61. The third kappa shape index (κ3) is 2.19. The zero-order valence-electron chi connectivity index (χ0n) is 13.8. The molecular formula is C19H24O4. The van der Waals surface area contributed by atoms with Crippen LogP contribution in [0.1, 0.15) is 42.9 Å². The van der Waals surface area contributed by atoms with Gasteiger partial charge in [-0.3, -0.25) is 4.79 Å². The summed E-state index contributed by atoms with van der Waals surface area (Å²) in [6.07, 6.45) is 4.46. The molecule has 0 aliphatic heterocycles. The Morgan fingerprint density at radius 1 is 1.35 bits per heavy atom. The molecule has 0 heterocycles. The van der Waals surface area contributed by atoms with Gasteiger partial charge in [0.15, 0.2) is 0 Å². The van der Waals surface area contributed by atoms with E-state index in [1.54, 1.807) is 26.4 Å². The Hall–Kier alpha value is -1.81. The quantitative estimate of drug-likeness (QED) is 0.867. The number of carbonyl (C=O) groups excluding carboxylic acids is 1. The second-order valence-corrected chi connectivity index (χ2v) is 6.51. The molecule has 1 fully saturated rings. The molecule has 3 rings (SSSR count). The Bertz CT molecular complexity index is 637. The second kappa shape index (κ2) is 6.00. The van der Waals surface area contributed by atoms with Crippen molar-refractivity contribution in [3.05, 3.63) is 35.9 Å². The van der Waals surface area contributed by atoms with Gasteiger partial charge in [0.2, 0.25) is 0 Å². The lowest BCUT2D eigenvalue weighted by Crippen LogP contribution is -2.50. The number of Topliss-reactive ketones (excluding diaryl/α,β-unsaturated/α-hetero) is 1. The van der Waals surface area contributed by atoms with Crippen LogP contribution in [0.3, 0.4) is 0 Å². The van der Waals surface area contributed by atoms with E-state index < -0.39 is 11.5 Å². The van der Waals surface area contributed by atoms with Gasteiger partial charge in [0, 0.05) is 17.5 Å². The highest BCUT2D eigenvalue weighted by molar-refractivity contribution is 5.88. The van der Waals surface area contributed by atoms with Crippen LogP contribution in [0.25, 0.3) is 0 Å². The molecule has 1 saturated carbocycles. The molecule has 2 aliphatic rings. The van der Waals surface area contributed by atoms with Crippen LogP contribution >= 0.6 is 0 Å². The van der Waals surface area contributed by atoms with Crippen molar-refractivity contribution in [3.63, 3.8) is 0 Å². The van der Waals surface area contributed by atoms with Gasteiger partial charge in [-0.15, -0.1) is 6.58 Å². The smallest absolute Gasteiger partial charge is 0.142 e. The van der Waals surface area contributed by atoms with E-state index in [4.69, 9.17) is 9.47 Å². The molecule has 0 spiro atoms. The molecule has 0 bridgehead atoms. The summed E-state index contributed by atoms with van der Waals surface area (Å²) >= 11 is 0. The van der Waals surface area contributed by atoms with E-state index in [-0.39, 0.29) is 11.7 Å². The highest BCUT2D eigenvalue weighted by Gasteiger charge is 2.55. The monoisotopic (exact) mass is 316 g/mol. The highest BCUT2D eigenvalue weighted by Crippen LogP contribution is 2.58. The fourth-order valence-electron chi connectivity index (χ4n) is 4.52. The van der Waals surface area contributed by atoms with E-state index in [2.05, 4.69) is 6.58 Å². The maximum Gasteiger partial charge on any atom is 0.142 e. The van der Waals surface area contributed by atoms with Gasteiger partial charge in [-0.2, -0.15) is 0 Å². The molecule has 4 heteroatoms. The van der Waals surface area contributed by atoms with Crippen molar-refractivity contribution < 1.29 is 19.4 Å². The summed E-state index contributed by atoms with van der Waals surface area (Å²) in [7, 11) is 3.22. The van der Waals surface area contributed by atoms with Gasteiger partial charge in [-0.1, -0.05) is 6.08 Å². The number of aliphatic hydroxyl groups is 1. The summed E-state index contributed by atoms with van der Waals surface area (Å²) in [6, 6.07) is 3.67. The van der Waals surface area contributed by atoms with Gasteiger partial charge in [0.05, 0.1) is 25.7 Å². The first-order valence-corrected chi connectivity index (χ1v) is 8.16. The van der Waals surface area contributed by atoms with Crippen molar-refractivity contribution >= 4 is 5.78 Å². The largest absolute Gasteiger partial charge is 0.496 e. The zero-order chi connectivity index (χ0) is 16.6. The molecule has 3 atom stereocenters. The SMILES string of the molecule is C=CC[C@@]12C(=O)CCC[C@@H]1Cc1c(OC)ccc(OC)c1[C@@H]2O. The normalized spacial score (nSPS) is 29.4. The van der Waals surface area contributed by atoms with Gasteiger partial charge >= 0.3 is 0 Å². The fraction of sp³-hybridized carbons (Fsp3) is 0.526. The van der Waals surface area contributed by atoms with E-state index in [1.807, 2.05) is 6.07 Å². The Morgan fingerprint density at radius 2 is 2.04 bits per heavy atom. The predicted octanol–water partition coefficient (Wildman–Crippen LogP) is 3.23.